The highest BCUT2D eigenvalue weighted by Gasteiger charge is 2.43. The number of rotatable bonds is 5. The molecule has 29 heavy (non-hydrogen) atoms. The number of ketones is 1. The molecular weight excluding hydrogens is 370 g/mol. The van der Waals surface area contributed by atoms with E-state index in [2.05, 4.69) is 4.99 Å². The summed E-state index contributed by atoms with van der Waals surface area (Å²) in [4.78, 5) is 30.7. The molecule has 6 nitrogen and oxygen atoms in total. The highest BCUT2D eigenvalue weighted by atomic mass is 16.6. The second-order valence-electron chi connectivity index (χ2n) is 7.89. The Morgan fingerprint density at radius 3 is 2.90 bits per heavy atom. The van der Waals surface area contributed by atoms with Gasteiger partial charge in [-0.1, -0.05) is 12.1 Å². The van der Waals surface area contributed by atoms with Crippen molar-refractivity contribution in [2.24, 2.45) is 10.9 Å². The molecule has 0 saturated carbocycles. The van der Waals surface area contributed by atoms with Crippen LogP contribution in [0.5, 0.6) is 5.75 Å². The average molecular weight is 397 g/mol. The minimum Gasteiger partial charge on any atom is -0.497 e. The van der Waals surface area contributed by atoms with E-state index >= 15 is 0 Å². The van der Waals surface area contributed by atoms with Crippen molar-refractivity contribution in [2.75, 3.05) is 20.3 Å². The van der Waals surface area contributed by atoms with Crippen molar-refractivity contribution < 1.29 is 23.8 Å². The first-order chi connectivity index (χ1) is 14.1. The number of nitrogens with zero attached hydrogens (tertiary/aromatic N) is 1. The van der Waals surface area contributed by atoms with E-state index in [0.29, 0.717) is 30.1 Å². The van der Waals surface area contributed by atoms with E-state index in [4.69, 9.17) is 14.2 Å². The van der Waals surface area contributed by atoms with Gasteiger partial charge < -0.3 is 14.2 Å². The summed E-state index contributed by atoms with van der Waals surface area (Å²) >= 11 is 0. The van der Waals surface area contributed by atoms with Gasteiger partial charge in [-0.3, -0.25) is 14.6 Å². The second kappa shape index (κ2) is 8.49. The van der Waals surface area contributed by atoms with Crippen molar-refractivity contribution in [3.8, 4) is 5.75 Å². The largest absolute Gasteiger partial charge is 0.497 e. The number of allylic oxidation sites excluding steroid dienone is 2. The lowest BCUT2D eigenvalue weighted by Gasteiger charge is -2.34. The van der Waals surface area contributed by atoms with E-state index in [0.717, 1.165) is 36.9 Å². The summed E-state index contributed by atoms with van der Waals surface area (Å²) in [5, 5.41) is 0. The van der Waals surface area contributed by atoms with Gasteiger partial charge in [0.1, 0.15) is 18.3 Å². The van der Waals surface area contributed by atoms with Crippen LogP contribution in [0, 0.1) is 5.92 Å². The van der Waals surface area contributed by atoms with Crippen molar-refractivity contribution in [3.05, 3.63) is 41.1 Å². The van der Waals surface area contributed by atoms with Gasteiger partial charge in [0.25, 0.3) is 0 Å². The van der Waals surface area contributed by atoms with Gasteiger partial charge in [-0.2, -0.15) is 0 Å². The number of esters is 1. The zero-order chi connectivity index (χ0) is 20.4. The number of Topliss-reactive ketones (excluding diaryl/α,β-unsaturated/α-hetero) is 1. The van der Waals surface area contributed by atoms with Crippen LogP contribution in [0.4, 0.5) is 0 Å². The third-order valence-corrected chi connectivity index (χ3v) is 5.98. The van der Waals surface area contributed by atoms with Crippen LogP contribution in [0.15, 0.2) is 40.5 Å². The Labute approximate surface area is 170 Å². The van der Waals surface area contributed by atoms with E-state index < -0.39 is 11.8 Å². The minimum atomic E-state index is -0.621. The molecule has 6 heteroatoms. The SMILES string of the molecule is COc1cccc([C@@H]2C3=C(CCCC3=O)N=C(C)C2C(=O)OC[C@@H]2CCCO2)c1. The van der Waals surface area contributed by atoms with Crippen LogP contribution in [0.25, 0.3) is 0 Å². The first kappa shape index (κ1) is 19.8. The van der Waals surface area contributed by atoms with Crippen LogP contribution < -0.4 is 4.74 Å². The van der Waals surface area contributed by atoms with Crippen molar-refractivity contribution in [2.45, 2.75) is 51.0 Å². The number of methoxy groups -OCH3 is 1. The van der Waals surface area contributed by atoms with Crippen molar-refractivity contribution in [1.29, 1.82) is 0 Å². The fourth-order valence-electron chi connectivity index (χ4n) is 4.55. The van der Waals surface area contributed by atoms with Crippen molar-refractivity contribution in [1.82, 2.24) is 0 Å². The quantitative estimate of drug-likeness (QED) is 0.710. The molecule has 0 spiro atoms. The lowest BCUT2D eigenvalue weighted by atomic mass is 9.71. The van der Waals surface area contributed by atoms with Crippen LogP contribution in [-0.4, -0.2) is 43.9 Å². The van der Waals surface area contributed by atoms with Gasteiger partial charge in [0.05, 0.1) is 13.2 Å². The highest BCUT2D eigenvalue weighted by molar-refractivity contribution is 6.08. The molecule has 0 bridgehead atoms. The molecule has 4 rings (SSSR count). The second-order valence-corrected chi connectivity index (χ2v) is 7.89. The van der Waals surface area contributed by atoms with Gasteiger partial charge in [0.2, 0.25) is 0 Å². The van der Waals surface area contributed by atoms with Gasteiger partial charge in [-0.25, -0.2) is 0 Å². The van der Waals surface area contributed by atoms with Crippen LogP contribution >= 0.6 is 0 Å². The molecule has 1 saturated heterocycles. The van der Waals surface area contributed by atoms with Crippen LogP contribution in [0.2, 0.25) is 0 Å². The monoisotopic (exact) mass is 397 g/mol. The summed E-state index contributed by atoms with van der Waals surface area (Å²) in [6.07, 6.45) is 3.90. The summed E-state index contributed by atoms with van der Waals surface area (Å²) in [6.45, 7) is 2.81. The first-order valence-electron chi connectivity index (χ1n) is 10.3. The molecule has 3 aliphatic rings. The Balaban J connectivity index is 1.69. The van der Waals surface area contributed by atoms with E-state index in [1.165, 1.54) is 0 Å². The van der Waals surface area contributed by atoms with E-state index in [1.54, 1.807) is 7.11 Å². The molecule has 2 heterocycles. The molecule has 1 aromatic rings. The summed E-state index contributed by atoms with van der Waals surface area (Å²) in [5.74, 6) is -0.599. The summed E-state index contributed by atoms with van der Waals surface area (Å²) < 4.78 is 16.6. The number of hydrogen-bond acceptors (Lipinski definition) is 6. The zero-order valence-corrected chi connectivity index (χ0v) is 17.0. The van der Waals surface area contributed by atoms with Gasteiger partial charge in [0, 0.05) is 35.9 Å². The predicted octanol–water partition coefficient (Wildman–Crippen LogP) is 3.60. The Hall–Kier alpha value is -2.47. The standard InChI is InChI=1S/C23H27NO5/c1-14-20(23(26)29-13-17-8-5-11-28-17)21(15-6-3-7-16(12-15)27-2)22-18(24-14)9-4-10-19(22)25/h3,6-7,12,17,20-21H,4-5,8-11,13H2,1-2H3/t17-,20?,21-/m0/s1. The van der Waals surface area contributed by atoms with E-state index in [1.807, 2.05) is 31.2 Å². The third-order valence-electron chi connectivity index (χ3n) is 5.98. The topological polar surface area (TPSA) is 74.2 Å². The van der Waals surface area contributed by atoms with Gasteiger partial charge in [-0.05, 0) is 50.3 Å². The number of hydrogen-bond donors (Lipinski definition) is 0. The molecule has 1 unspecified atom stereocenters. The molecule has 1 aromatic carbocycles. The molecule has 154 valence electrons. The number of carbonyl (C=O) groups excluding carboxylic acids is 2. The first-order valence-corrected chi connectivity index (χ1v) is 10.3. The van der Waals surface area contributed by atoms with Gasteiger partial charge in [-0.15, -0.1) is 0 Å². The highest BCUT2D eigenvalue weighted by Crippen LogP contribution is 2.44. The smallest absolute Gasteiger partial charge is 0.315 e. The molecule has 0 amide bonds. The van der Waals surface area contributed by atoms with Gasteiger partial charge >= 0.3 is 5.97 Å². The van der Waals surface area contributed by atoms with Crippen LogP contribution in [-0.2, 0) is 19.1 Å². The number of aliphatic imine (C=N–C) groups is 1. The molecule has 1 fully saturated rings. The maximum Gasteiger partial charge on any atom is 0.315 e. The maximum absolute atomic E-state index is 13.2. The number of carbonyl (C=O) groups is 2. The lowest BCUT2D eigenvalue weighted by molar-refractivity contribution is -0.149. The molecule has 1 aliphatic carbocycles. The average Bonchev–Trinajstić information content (AvgIpc) is 3.25. The molecule has 0 radical (unpaired) electrons. The third kappa shape index (κ3) is 3.99. The fraction of sp³-hybridized carbons (Fsp3) is 0.522. The zero-order valence-electron chi connectivity index (χ0n) is 17.0. The number of ether oxygens (including phenoxy) is 3. The summed E-state index contributed by atoms with van der Waals surface area (Å²) in [6, 6.07) is 7.59. The molecule has 0 aromatic heterocycles. The summed E-state index contributed by atoms with van der Waals surface area (Å²) in [5.41, 5.74) is 3.05. The summed E-state index contributed by atoms with van der Waals surface area (Å²) in [7, 11) is 1.61. The van der Waals surface area contributed by atoms with Crippen LogP contribution in [0.1, 0.15) is 50.5 Å². The Bertz CT molecular complexity index is 866. The minimum absolute atomic E-state index is 0.0406. The van der Waals surface area contributed by atoms with Crippen molar-refractivity contribution >= 4 is 17.5 Å². The van der Waals surface area contributed by atoms with Gasteiger partial charge in [0.15, 0.2) is 5.78 Å². The molecule has 0 N–H and O–H groups in total. The normalized spacial score (nSPS) is 26.8. The predicted molar refractivity (Wildman–Crippen MR) is 108 cm³/mol. The van der Waals surface area contributed by atoms with Crippen molar-refractivity contribution in [3.63, 3.8) is 0 Å². The maximum atomic E-state index is 13.2. The van der Waals surface area contributed by atoms with E-state index in [-0.39, 0.29) is 24.5 Å². The molecule has 3 atom stereocenters. The lowest BCUT2D eigenvalue weighted by Crippen LogP contribution is -2.38. The Kier molecular flexibility index (Phi) is 5.81. The van der Waals surface area contributed by atoms with Crippen LogP contribution in [0.3, 0.4) is 0 Å². The van der Waals surface area contributed by atoms with E-state index in [9.17, 15) is 9.59 Å². The number of benzene rings is 1. The molecular formula is C23H27NO5. The molecule has 2 aliphatic heterocycles. The fourth-order valence-corrected chi connectivity index (χ4v) is 4.55. The Morgan fingerprint density at radius 1 is 1.28 bits per heavy atom. The Morgan fingerprint density at radius 2 is 2.14 bits per heavy atom.